The fourth-order valence-electron chi connectivity index (χ4n) is 4.38. The van der Waals surface area contributed by atoms with E-state index in [4.69, 9.17) is 21.1 Å². The fraction of sp³-hybridized carbons (Fsp3) is 0.875. The van der Waals surface area contributed by atoms with Crippen LogP contribution in [-0.4, -0.2) is 52.3 Å². The predicted molar refractivity (Wildman–Crippen MR) is 82.9 cm³/mol. The molecule has 1 amide bonds. The highest BCUT2D eigenvalue weighted by Crippen LogP contribution is 2.54. The standard InChI is InChI=1S/C16H24ClNO5/c1-4-8(11-10(5-2)22-11)12(19)16-14(21)23-15(16,3)9(6-7-17)13(20)18-16/h8-12,19H,4-7H2,1-3H3,(H,18,20)/t8-,9-,10-,11+,12-,15-,16-/m0/s1. The van der Waals surface area contributed by atoms with E-state index in [1.54, 1.807) is 6.92 Å². The molecule has 0 spiro atoms. The molecule has 0 bridgehead atoms. The number of aliphatic hydroxyl groups is 1. The molecule has 130 valence electrons. The van der Waals surface area contributed by atoms with Crippen LogP contribution in [0.1, 0.15) is 40.0 Å². The van der Waals surface area contributed by atoms with Gasteiger partial charge in [-0.2, -0.15) is 0 Å². The summed E-state index contributed by atoms with van der Waals surface area (Å²) in [4.78, 5) is 24.7. The molecular formula is C16H24ClNO5. The summed E-state index contributed by atoms with van der Waals surface area (Å²) in [7, 11) is 0. The maximum Gasteiger partial charge on any atom is 0.339 e. The molecule has 7 atom stereocenters. The van der Waals surface area contributed by atoms with Crippen LogP contribution in [0.5, 0.6) is 0 Å². The van der Waals surface area contributed by atoms with Crippen LogP contribution in [0.15, 0.2) is 0 Å². The van der Waals surface area contributed by atoms with E-state index in [1.165, 1.54) is 0 Å². The number of ether oxygens (including phenoxy) is 2. The van der Waals surface area contributed by atoms with Crippen molar-refractivity contribution in [3.05, 3.63) is 0 Å². The molecule has 2 N–H and O–H groups in total. The van der Waals surface area contributed by atoms with E-state index in [1.807, 2.05) is 13.8 Å². The molecule has 3 aliphatic heterocycles. The lowest BCUT2D eigenvalue weighted by Gasteiger charge is -2.54. The first-order valence-electron chi connectivity index (χ1n) is 8.32. The molecular weight excluding hydrogens is 322 g/mol. The quantitative estimate of drug-likeness (QED) is 0.408. The van der Waals surface area contributed by atoms with Crippen molar-refractivity contribution in [2.45, 2.75) is 69.5 Å². The van der Waals surface area contributed by atoms with Gasteiger partial charge in [-0.1, -0.05) is 13.8 Å². The molecule has 3 heterocycles. The van der Waals surface area contributed by atoms with E-state index in [9.17, 15) is 14.7 Å². The zero-order chi connectivity index (χ0) is 17.0. The molecule has 0 saturated carbocycles. The summed E-state index contributed by atoms with van der Waals surface area (Å²) in [6, 6.07) is 0. The molecule has 23 heavy (non-hydrogen) atoms. The van der Waals surface area contributed by atoms with Crippen LogP contribution < -0.4 is 5.32 Å². The number of epoxide rings is 1. The topological polar surface area (TPSA) is 88.2 Å². The van der Waals surface area contributed by atoms with Crippen molar-refractivity contribution in [3.8, 4) is 0 Å². The van der Waals surface area contributed by atoms with E-state index in [2.05, 4.69) is 5.32 Å². The zero-order valence-electron chi connectivity index (χ0n) is 13.7. The number of carbonyl (C=O) groups excluding carboxylic acids is 2. The van der Waals surface area contributed by atoms with E-state index < -0.39 is 29.1 Å². The first-order chi connectivity index (χ1) is 10.9. The maximum absolute atomic E-state index is 12.4. The second-order valence-electron chi connectivity index (χ2n) is 6.89. The van der Waals surface area contributed by atoms with Crippen molar-refractivity contribution < 1.29 is 24.2 Å². The number of alkyl halides is 1. The summed E-state index contributed by atoms with van der Waals surface area (Å²) in [6.45, 7) is 5.69. The van der Waals surface area contributed by atoms with Crippen molar-refractivity contribution >= 4 is 23.5 Å². The SMILES string of the molecule is CC[C@@H]([C@H]1O[C@H]1CC)[C@H](O)[C@@]12NC(=O)[C@H](CCCl)[C@]1(C)OC2=O. The molecule has 0 unspecified atom stereocenters. The Kier molecular flexibility index (Phi) is 4.14. The highest BCUT2D eigenvalue weighted by Gasteiger charge is 2.80. The molecule has 3 rings (SSSR count). The van der Waals surface area contributed by atoms with Crippen LogP contribution in [0, 0.1) is 11.8 Å². The van der Waals surface area contributed by atoms with Gasteiger partial charge in [-0.15, -0.1) is 11.6 Å². The van der Waals surface area contributed by atoms with Gasteiger partial charge in [0.25, 0.3) is 0 Å². The van der Waals surface area contributed by atoms with Gasteiger partial charge in [-0.05, 0) is 26.2 Å². The number of nitrogens with one attached hydrogen (secondary N) is 1. The Bertz CT molecular complexity index is 529. The van der Waals surface area contributed by atoms with Crippen molar-refractivity contribution in [3.63, 3.8) is 0 Å². The third-order valence-electron chi connectivity index (χ3n) is 5.88. The summed E-state index contributed by atoms with van der Waals surface area (Å²) in [5, 5.41) is 13.8. The van der Waals surface area contributed by atoms with Gasteiger partial charge < -0.3 is 19.9 Å². The van der Waals surface area contributed by atoms with E-state index in [0.29, 0.717) is 12.8 Å². The zero-order valence-corrected chi connectivity index (χ0v) is 14.4. The van der Waals surface area contributed by atoms with E-state index in [0.717, 1.165) is 6.42 Å². The highest BCUT2D eigenvalue weighted by atomic mass is 35.5. The molecule has 0 aliphatic carbocycles. The smallest absolute Gasteiger partial charge is 0.339 e. The second kappa shape index (κ2) is 5.60. The van der Waals surface area contributed by atoms with Crippen molar-refractivity contribution in [1.82, 2.24) is 5.32 Å². The Morgan fingerprint density at radius 1 is 1.39 bits per heavy atom. The number of amides is 1. The molecule has 0 radical (unpaired) electrons. The predicted octanol–water partition coefficient (Wildman–Crippen LogP) is 0.980. The average molecular weight is 346 g/mol. The Morgan fingerprint density at radius 2 is 2.09 bits per heavy atom. The lowest BCUT2D eigenvalue weighted by molar-refractivity contribution is -0.239. The lowest BCUT2D eigenvalue weighted by atomic mass is 9.64. The van der Waals surface area contributed by atoms with Gasteiger partial charge in [0.15, 0.2) is 5.60 Å². The maximum atomic E-state index is 12.4. The van der Waals surface area contributed by atoms with Crippen LogP contribution in [0.3, 0.4) is 0 Å². The minimum atomic E-state index is -1.38. The van der Waals surface area contributed by atoms with Crippen LogP contribution in [0.4, 0.5) is 0 Å². The molecule has 6 nitrogen and oxygen atoms in total. The number of aliphatic hydroxyl groups excluding tert-OH is 1. The Hall–Kier alpha value is -0.850. The van der Waals surface area contributed by atoms with Crippen molar-refractivity contribution in [2.24, 2.45) is 11.8 Å². The minimum absolute atomic E-state index is 0.0731. The third kappa shape index (κ3) is 2.07. The number of halogens is 1. The summed E-state index contributed by atoms with van der Waals surface area (Å²) < 4.78 is 11.0. The van der Waals surface area contributed by atoms with Gasteiger partial charge in [0.05, 0.1) is 24.2 Å². The second-order valence-corrected chi connectivity index (χ2v) is 7.27. The van der Waals surface area contributed by atoms with Gasteiger partial charge in [-0.25, -0.2) is 4.79 Å². The summed E-state index contributed by atoms with van der Waals surface area (Å²) in [5.41, 5.74) is -2.44. The first kappa shape index (κ1) is 17.0. The minimum Gasteiger partial charge on any atom is -0.453 e. The Labute approximate surface area is 140 Å². The number of rotatable bonds is 7. The lowest BCUT2D eigenvalue weighted by Crippen LogP contribution is -2.80. The molecule has 3 fully saturated rings. The number of fused-ring (bicyclic) bond motifs is 1. The van der Waals surface area contributed by atoms with E-state index >= 15 is 0 Å². The van der Waals surface area contributed by atoms with Crippen molar-refractivity contribution in [1.29, 1.82) is 0 Å². The molecule has 3 saturated heterocycles. The molecule has 0 aromatic carbocycles. The molecule has 0 aromatic rings. The summed E-state index contributed by atoms with van der Waals surface area (Å²) >= 11 is 5.79. The largest absolute Gasteiger partial charge is 0.453 e. The van der Waals surface area contributed by atoms with Gasteiger partial charge in [-0.3, -0.25) is 4.79 Å². The molecule has 7 heteroatoms. The van der Waals surface area contributed by atoms with Gasteiger partial charge in [0.2, 0.25) is 11.4 Å². The number of hydrogen-bond acceptors (Lipinski definition) is 5. The van der Waals surface area contributed by atoms with Crippen molar-refractivity contribution in [2.75, 3.05) is 5.88 Å². The number of hydrogen-bond donors (Lipinski definition) is 2. The Balaban J connectivity index is 1.90. The summed E-state index contributed by atoms with van der Waals surface area (Å²) in [6.07, 6.45) is 0.928. The van der Waals surface area contributed by atoms with Crippen LogP contribution >= 0.6 is 11.6 Å². The van der Waals surface area contributed by atoms with Gasteiger partial charge in [0.1, 0.15) is 0 Å². The third-order valence-corrected chi connectivity index (χ3v) is 6.09. The van der Waals surface area contributed by atoms with E-state index in [-0.39, 0.29) is 29.9 Å². The number of esters is 1. The normalized spacial score (nSPS) is 44.0. The Morgan fingerprint density at radius 3 is 2.57 bits per heavy atom. The molecule has 3 aliphatic rings. The summed E-state index contributed by atoms with van der Waals surface area (Å²) in [5.74, 6) is -1.31. The average Bonchev–Trinajstić information content (AvgIpc) is 3.26. The molecule has 0 aromatic heterocycles. The number of carbonyl (C=O) groups is 2. The monoisotopic (exact) mass is 345 g/mol. The van der Waals surface area contributed by atoms with Gasteiger partial charge in [0, 0.05) is 11.8 Å². The van der Waals surface area contributed by atoms with Gasteiger partial charge >= 0.3 is 5.97 Å². The first-order valence-corrected chi connectivity index (χ1v) is 8.85. The van der Waals surface area contributed by atoms with Crippen LogP contribution in [-0.2, 0) is 19.1 Å². The van der Waals surface area contributed by atoms with Crippen LogP contribution in [0.2, 0.25) is 0 Å². The fourth-order valence-corrected chi connectivity index (χ4v) is 4.60. The highest BCUT2D eigenvalue weighted by molar-refractivity contribution is 6.18. The van der Waals surface area contributed by atoms with Crippen LogP contribution in [0.25, 0.3) is 0 Å².